The number of carbonyl (C=O) groups is 1. The number of amides is 2. The lowest BCUT2D eigenvalue weighted by Crippen LogP contribution is -2.38. The highest BCUT2D eigenvalue weighted by Gasteiger charge is 2.17. The average molecular weight is 353 g/mol. The fourth-order valence-corrected chi connectivity index (χ4v) is 3.63. The average Bonchev–Trinajstić information content (AvgIpc) is 2.92. The van der Waals surface area contributed by atoms with Gasteiger partial charge in [-0.1, -0.05) is 18.2 Å². The van der Waals surface area contributed by atoms with Gasteiger partial charge < -0.3 is 19.9 Å². The molecular formula is C21H27N3O2. The van der Waals surface area contributed by atoms with Crippen molar-refractivity contribution < 1.29 is 9.53 Å². The van der Waals surface area contributed by atoms with E-state index in [-0.39, 0.29) is 12.1 Å². The number of nitrogens with one attached hydrogen (secondary N) is 2. The maximum absolute atomic E-state index is 12.3. The maximum atomic E-state index is 12.3. The summed E-state index contributed by atoms with van der Waals surface area (Å²) in [6, 6.07) is 12.6. The smallest absolute Gasteiger partial charge is 0.319 e. The molecule has 0 aliphatic rings. The highest BCUT2D eigenvalue weighted by Crippen LogP contribution is 2.36. The largest absolute Gasteiger partial charge is 0.383 e. The molecule has 0 bridgehead atoms. The number of carbonyl (C=O) groups excluding carboxylic acids is 1. The lowest BCUT2D eigenvalue weighted by molar-refractivity contribution is 0.173. The highest BCUT2D eigenvalue weighted by molar-refractivity contribution is 6.12. The fraction of sp³-hybridized carbons (Fsp3) is 0.381. The zero-order chi connectivity index (χ0) is 18.8. The topological polar surface area (TPSA) is 55.3 Å². The van der Waals surface area contributed by atoms with E-state index in [2.05, 4.69) is 66.3 Å². The molecule has 2 amide bonds. The first-order valence-corrected chi connectivity index (χ1v) is 9.02. The lowest BCUT2D eigenvalue weighted by atomic mass is 10.1. The van der Waals surface area contributed by atoms with Crippen LogP contribution in [0, 0.1) is 6.92 Å². The van der Waals surface area contributed by atoms with E-state index in [4.69, 9.17) is 4.74 Å². The van der Waals surface area contributed by atoms with E-state index < -0.39 is 0 Å². The molecule has 3 aromatic rings. The molecule has 0 saturated carbocycles. The van der Waals surface area contributed by atoms with Crippen LogP contribution in [0.2, 0.25) is 0 Å². The Morgan fingerprint density at radius 1 is 1.12 bits per heavy atom. The lowest BCUT2D eigenvalue weighted by Gasteiger charge is -2.16. The molecule has 0 radical (unpaired) electrons. The van der Waals surface area contributed by atoms with E-state index >= 15 is 0 Å². The number of aryl methyl sites for hydroxylation is 1. The Hall–Kier alpha value is -2.53. The number of aromatic nitrogens is 1. The van der Waals surface area contributed by atoms with Crippen LogP contribution >= 0.6 is 0 Å². The van der Waals surface area contributed by atoms with Crippen molar-refractivity contribution in [3.63, 3.8) is 0 Å². The van der Waals surface area contributed by atoms with Gasteiger partial charge in [-0.3, -0.25) is 0 Å². The number of anilines is 1. The molecule has 5 nitrogen and oxygen atoms in total. The zero-order valence-electron chi connectivity index (χ0n) is 16.1. The molecule has 0 aliphatic carbocycles. The summed E-state index contributed by atoms with van der Waals surface area (Å²) in [7, 11) is 1.62. The van der Waals surface area contributed by atoms with Crippen LogP contribution in [0.4, 0.5) is 10.5 Å². The van der Waals surface area contributed by atoms with Crippen LogP contribution in [0.25, 0.3) is 21.8 Å². The molecule has 1 unspecified atom stereocenters. The predicted octanol–water partition coefficient (Wildman–Crippen LogP) is 4.84. The zero-order valence-corrected chi connectivity index (χ0v) is 16.1. The summed E-state index contributed by atoms with van der Waals surface area (Å²) in [4.78, 5) is 12.3. The minimum atomic E-state index is -0.218. The second kappa shape index (κ2) is 7.38. The molecule has 0 aliphatic heterocycles. The number of hydrogen-bond acceptors (Lipinski definition) is 2. The molecule has 1 aromatic heterocycles. The monoisotopic (exact) mass is 353 g/mol. The summed E-state index contributed by atoms with van der Waals surface area (Å²) >= 11 is 0. The molecular weight excluding hydrogens is 326 g/mol. The van der Waals surface area contributed by atoms with Crippen molar-refractivity contribution >= 4 is 33.5 Å². The number of methoxy groups -OCH3 is 1. The summed E-state index contributed by atoms with van der Waals surface area (Å²) in [6.07, 6.45) is 0. The third-order valence-corrected chi connectivity index (χ3v) is 4.69. The molecule has 3 rings (SSSR count). The van der Waals surface area contributed by atoms with Gasteiger partial charge >= 0.3 is 6.03 Å². The number of hydrogen-bond donors (Lipinski definition) is 2. The molecule has 5 heteroatoms. The van der Waals surface area contributed by atoms with Crippen molar-refractivity contribution in [2.75, 3.05) is 19.0 Å². The normalized spacial score (nSPS) is 12.7. The first-order valence-electron chi connectivity index (χ1n) is 9.02. The van der Waals surface area contributed by atoms with Gasteiger partial charge in [0, 0.05) is 40.6 Å². The number of ether oxygens (including phenoxy) is 1. The standard InChI is InChI=1S/C21H27N3O2/c1-13(2)24-18-9-7-6-8-16(18)20-15(4)17(10-11-19(20)24)23-21(25)22-14(3)12-26-5/h6-11,13-14H,12H2,1-5H3,(H2,22,23,25). The SMILES string of the molecule is COCC(C)NC(=O)Nc1ccc2c(c1C)c1ccccc1n2C(C)C. The van der Waals surface area contributed by atoms with Crippen molar-refractivity contribution in [1.29, 1.82) is 0 Å². The molecule has 1 heterocycles. The van der Waals surface area contributed by atoms with Gasteiger partial charge in [0.2, 0.25) is 0 Å². The minimum absolute atomic E-state index is 0.0492. The second-order valence-electron chi connectivity index (χ2n) is 7.07. The quantitative estimate of drug-likeness (QED) is 0.689. The molecule has 1 atom stereocenters. The van der Waals surface area contributed by atoms with Gasteiger partial charge in [-0.15, -0.1) is 0 Å². The van der Waals surface area contributed by atoms with Crippen LogP contribution in [0.15, 0.2) is 36.4 Å². The minimum Gasteiger partial charge on any atom is -0.383 e. The first kappa shape index (κ1) is 18.3. The predicted molar refractivity (Wildman–Crippen MR) is 108 cm³/mol. The Morgan fingerprint density at radius 2 is 1.85 bits per heavy atom. The van der Waals surface area contributed by atoms with E-state index in [1.807, 2.05) is 13.0 Å². The Morgan fingerprint density at radius 3 is 2.54 bits per heavy atom. The summed E-state index contributed by atoms with van der Waals surface area (Å²) in [5.74, 6) is 0. The second-order valence-corrected chi connectivity index (χ2v) is 7.07. The Labute approximate surface area is 154 Å². The van der Waals surface area contributed by atoms with E-state index in [1.54, 1.807) is 7.11 Å². The van der Waals surface area contributed by atoms with Crippen molar-refractivity contribution in [3.8, 4) is 0 Å². The van der Waals surface area contributed by atoms with Crippen LogP contribution in [0.5, 0.6) is 0 Å². The van der Waals surface area contributed by atoms with E-state index in [0.717, 1.165) is 11.3 Å². The summed E-state index contributed by atoms with van der Waals surface area (Å²) in [6.45, 7) is 8.84. The number of para-hydroxylation sites is 1. The van der Waals surface area contributed by atoms with Crippen LogP contribution in [0.3, 0.4) is 0 Å². The van der Waals surface area contributed by atoms with Crippen LogP contribution in [-0.2, 0) is 4.74 Å². The number of rotatable bonds is 5. The molecule has 2 N–H and O–H groups in total. The fourth-order valence-electron chi connectivity index (χ4n) is 3.63. The van der Waals surface area contributed by atoms with Gasteiger partial charge in [0.25, 0.3) is 0 Å². The van der Waals surface area contributed by atoms with Crippen LogP contribution in [-0.4, -0.2) is 30.4 Å². The van der Waals surface area contributed by atoms with Crippen LogP contribution in [0.1, 0.15) is 32.4 Å². The first-order chi connectivity index (χ1) is 12.4. The Kier molecular flexibility index (Phi) is 5.18. The van der Waals surface area contributed by atoms with E-state index in [9.17, 15) is 4.79 Å². The Bertz CT molecular complexity index is 943. The molecule has 0 saturated heterocycles. The molecule has 0 fully saturated rings. The summed E-state index contributed by atoms with van der Waals surface area (Å²) in [5.41, 5.74) is 4.31. The summed E-state index contributed by atoms with van der Waals surface area (Å²) < 4.78 is 7.41. The third-order valence-electron chi connectivity index (χ3n) is 4.69. The Balaban J connectivity index is 2.04. The number of nitrogens with zero attached hydrogens (tertiary/aromatic N) is 1. The van der Waals surface area contributed by atoms with Crippen molar-refractivity contribution in [2.45, 2.75) is 39.8 Å². The van der Waals surface area contributed by atoms with Crippen molar-refractivity contribution in [2.24, 2.45) is 0 Å². The number of benzene rings is 2. The van der Waals surface area contributed by atoms with Gasteiger partial charge in [0.05, 0.1) is 12.6 Å². The van der Waals surface area contributed by atoms with Gasteiger partial charge in [0.1, 0.15) is 0 Å². The molecule has 0 spiro atoms. The summed E-state index contributed by atoms with van der Waals surface area (Å²) in [5, 5.41) is 8.27. The van der Waals surface area contributed by atoms with Gasteiger partial charge in [0.15, 0.2) is 0 Å². The number of urea groups is 1. The highest BCUT2D eigenvalue weighted by atomic mass is 16.5. The number of fused-ring (bicyclic) bond motifs is 3. The molecule has 26 heavy (non-hydrogen) atoms. The third kappa shape index (κ3) is 3.27. The van der Waals surface area contributed by atoms with E-state index in [0.29, 0.717) is 12.6 Å². The van der Waals surface area contributed by atoms with Gasteiger partial charge in [-0.25, -0.2) is 4.79 Å². The van der Waals surface area contributed by atoms with Crippen LogP contribution < -0.4 is 10.6 Å². The van der Waals surface area contributed by atoms with Gasteiger partial charge in [-0.2, -0.15) is 0 Å². The van der Waals surface area contributed by atoms with Gasteiger partial charge in [-0.05, 0) is 51.5 Å². The van der Waals surface area contributed by atoms with Crippen molar-refractivity contribution in [1.82, 2.24) is 9.88 Å². The van der Waals surface area contributed by atoms with Crippen molar-refractivity contribution in [3.05, 3.63) is 42.0 Å². The van der Waals surface area contributed by atoms with E-state index in [1.165, 1.54) is 21.8 Å². The molecule has 138 valence electrons. The maximum Gasteiger partial charge on any atom is 0.319 e. The molecule has 2 aromatic carbocycles.